The second-order valence-electron chi connectivity index (χ2n) is 9.61. The number of carbonyl (C=O) groups excluding carboxylic acids is 1. The number of rotatable bonds is 7. The quantitative estimate of drug-likeness (QED) is 0.240. The van der Waals surface area contributed by atoms with Gasteiger partial charge in [-0.15, -0.1) is 0 Å². The van der Waals surface area contributed by atoms with Gasteiger partial charge in [0.25, 0.3) is 5.91 Å². The molecule has 2 saturated heterocycles. The van der Waals surface area contributed by atoms with Crippen LogP contribution in [0.5, 0.6) is 5.75 Å². The van der Waals surface area contributed by atoms with Crippen molar-refractivity contribution < 1.29 is 22.7 Å². The Bertz CT molecular complexity index is 1430. The first-order valence-electron chi connectivity index (χ1n) is 12.8. The number of halogens is 3. The molecular weight excluding hydrogens is 527 g/mol. The number of aromatic nitrogens is 1. The summed E-state index contributed by atoms with van der Waals surface area (Å²) in [5.74, 6) is 6.09. The van der Waals surface area contributed by atoms with Crippen LogP contribution in [-0.2, 0) is 0 Å². The van der Waals surface area contributed by atoms with Crippen molar-refractivity contribution in [3.8, 4) is 17.6 Å². The van der Waals surface area contributed by atoms with Gasteiger partial charge in [0, 0.05) is 48.7 Å². The number of methoxy groups -OCH3 is 1. The molecule has 4 heterocycles. The van der Waals surface area contributed by atoms with Gasteiger partial charge >= 0.3 is 5.51 Å². The molecule has 1 aromatic carbocycles. The molecule has 5 rings (SSSR count). The first-order valence-corrected chi connectivity index (χ1v) is 13.6. The fourth-order valence-electron chi connectivity index (χ4n) is 5.35. The van der Waals surface area contributed by atoms with Crippen molar-refractivity contribution in [1.29, 1.82) is 0 Å². The molecule has 0 spiro atoms. The van der Waals surface area contributed by atoms with Crippen LogP contribution in [-0.4, -0.2) is 54.6 Å². The van der Waals surface area contributed by atoms with Crippen molar-refractivity contribution in [3.05, 3.63) is 53.7 Å². The third kappa shape index (κ3) is 6.07. The van der Waals surface area contributed by atoms with Crippen molar-refractivity contribution in [1.82, 2.24) is 15.0 Å². The molecule has 4 N–H and O–H groups in total. The summed E-state index contributed by atoms with van der Waals surface area (Å²) in [7, 11) is 3.04. The van der Waals surface area contributed by atoms with Crippen LogP contribution in [0.2, 0.25) is 0 Å². The molecule has 0 saturated carbocycles. The van der Waals surface area contributed by atoms with E-state index in [1.807, 2.05) is 6.07 Å². The van der Waals surface area contributed by atoms with E-state index in [-0.39, 0.29) is 35.3 Å². The number of nitrogens with one attached hydrogen (secondary N) is 4. The number of thioether (sulfide) groups is 1. The molecule has 2 aliphatic rings. The van der Waals surface area contributed by atoms with Crippen LogP contribution in [0, 0.1) is 11.8 Å². The molecule has 7 nitrogen and oxygen atoms in total. The van der Waals surface area contributed by atoms with Crippen LogP contribution in [0.25, 0.3) is 5.52 Å². The van der Waals surface area contributed by atoms with E-state index < -0.39 is 5.51 Å². The van der Waals surface area contributed by atoms with E-state index >= 15 is 0 Å². The molecular formula is C28H30F3N5O2S. The average Bonchev–Trinajstić information content (AvgIpc) is 3.48. The van der Waals surface area contributed by atoms with Gasteiger partial charge in [0.15, 0.2) is 0 Å². The molecule has 39 heavy (non-hydrogen) atoms. The van der Waals surface area contributed by atoms with Gasteiger partial charge in [0.05, 0.1) is 36.1 Å². The van der Waals surface area contributed by atoms with Crippen molar-refractivity contribution in [2.75, 3.05) is 31.3 Å². The summed E-state index contributed by atoms with van der Waals surface area (Å²) in [6.45, 7) is 0.166. The minimum atomic E-state index is -4.46. The number of ether oxygens (including phenoxy) is 1. The first-order chi connectivity index (χ1) is 18.8. The number of hydrogen-bond donors (Lipinski definition) is 4. The maximum absolute atomic E-state index is 13.5. The minimum absolute atomic E-state index is 0.0314. The van der Waals surface area contributed by atoms with E-state index in [4.69, 9.17) is 4.74 Å². The highest BCUT2D eigenvalue weighted by molar-refractivity contribution is 8.00. The molecule has 0 unspecified atom stereocenters. The Morgan fingerprint density at radius 1 is 1.18 bits per heavy atom. The maximum atomic E-state index is 13.5. The molecule has 11 heteroatoms. The fourth-order valence-corrected chi connectivity index (χ4v) is 6.05. The number of amides is 1. The van der Waals surface area contributed by atoms with Crippen molar-refractivity contribution in [2.24, 2.45) is 0 Å². The van der Waals surface area contributed by atoms with Crippen LogP contribution in [0.3, 0.4) is 0 Å². The number of alkyl halides is 3. The average molecular weight is 558 g/mol. The first kappa shape index (κ1) is 27.1. The number of piperidine rings is 1. The van der Waals surface area contributed by atoms with Gasteiger partial charge in [-0.3, -0.25) is 4.79 Å². The number of anilines is 2. The molecule has 1 amide bonds. The molecule has 3 aromatic rings. The zero-order chi connectivity index (χ0) is 27.6. The third-order valence-electron chi connectivity index (χ3n) is 7.19. The Hall–Kier alpha value is -3.49. The highest BCUT2D eigenvalue weighted by atomic mass is 32.2. The van der Waals surface area contributed by atoms with Crippen LogP contribution in [0.15, 0.2) is 47.6 Å². The Balaban J connectivity index is 1.39. The lowest BCUT2D eigenvalue weighted by atomic mass is 9.99. The van der Waals surface area contributed by atoms with Crippen molar-refractivity contribution in [3.63, 3.8) is 0 Å². The van der Waals surface area contributed by atoms with Gasteiger partial charge in [-0.2, -0.15) is 13.2 Å². The number of fused-ring (bicyclic) bond motifs is 3. The van der Waals surface area contributed by atoms with Crippen LogP contribution in [0.1, 0.15) is 41.6 Å². The normalized spacial score (nSPS) is 20.3. The number of hydrogen-bond acceptors (Lipinski definition) is 6. The minimum Gasteiger partial charge on any atom is -0.495 e. The molecule has 0 radical (unpaired) electrons. The lowest BCUT2D eigenvalue weighted by molar-refractivity contribution is -0.0329. The second kappa shape index (κ2) is 11.3. The Morgan fingerprint density at radius 2 is 2.00 bits per heavy atom. The van der Waals surface area contributed by atoms with Gasteiger partial charge in [0.1, 0.15) is 10.8 Å². The molecule has 206 valence electrons. The molecule has 0 aliphatic carbocycles. The van der Waals surface area contributed by atoms with Gasteiger partial charge < -0.3 is 30.4 Å². The molecule has 2 aliphatic heterocycles. The fraction of sp³-hybridized carbons (Fsp3) is 0.393. The summed E-state index contributed by atoms with van der Waals surface area (Å²) >= 11 is -0.161. The number of pyridine rings is 1. The summed E-state index contributed by atoms with van der Waals surface area (Å²) < 4.78 is 47.5. The van der Waals surface area contributed by atoms with Gasteiger partial charge in [-0.05, 0) is 62.1 Å². The van der Waals surface area contributed by atoms with Crippen LogP contribution >= 0.6 is 11.8 Å². The zero-order valence-electron chi connectivity index (χ0n) is 21.6. The van der Waals surface area contributed by atoms with E-state index in [0.29, 0.717) is 40.2 Å². The lowest BCUT2D eigenvalue weighted by Crippen LogP contribution is -2.47. The number of nitrogens with zero attached hydrogens (tertiary/aromatic N) is 1. The van der Waals surface area contributed by atoms with E-state index in [1.165, 1.54) is 13.5 Å². The third-order valence-corrected chi connectivity index (χ3v) is 8.03. The SMILES string of the molecule is CNC(=O)c1ccc(NCC#Cc2cc3c(N[C@@H]4CC[C@H]5CC[C@H]4N5)cccn3c2SC(F)(F)F)c(OC)c1. The van der Waals surface area contributed by atoms with Gasteiger partial charge in [-0.25, -0.2) is 0 Å². The van der Waals surface area contributed by atoms with Crippen molar-refractivity contribution in [2.45, 2.75) is 54.3 Å². The summed E-state index contributed by atoms with van der Waals surface area (Å²) in [6, 6.07) is 11.5. The standard InChI is InChI=1S/C28H30F3N5O2S/c1-32-26(37)17-7-10-23(25(16-17)38-2)33-13-3-5-18-15-24-22(35-21-12-9-19-8-11-20(21)34-19)6-4-14-36(24)27(18)39-28(29,30)31/h4,6-7,10,14-16,19-21,33-35H,8-9,11-13H2,1-2H3,(H,32,37)/t19-,20-,21-/m1/s1. The largest absolute Gasteiger partial charge is 0.495 e. The molecule has 3 atom stereocenters. The van der Waals surface area contributed by atoms with Crippen LogP contribution < -0.4 is 26.0 Å². The molecule has 2 bridgehead atoms. The Morgan fingerprint density at radius 3 is 2.77 bits per heavy atom. The van der Waals surface area contributed by atoms with Gasteiger partial charge in [-0.1, -0.05) is 11.8 Å². The highest BCUT2D eigenvalue weighted by Crippen LogP contribution is 2.41. The van der Waals surface area contributed by atoms with Gasteiger partial charge in [0.2, 0.25) is 0 Å². The predicted molar refractivity (Wildman–Crippen MR) is 148 cm³/mol. The van der Waals surface area contributed by atoms with E-state index in [0.717, 1.165) is 24.9 Å². The lowest BCUT2D eigenvalue weighted by Gasteiger charge is -2.31. The van der Waals surface area contributed by atoms with E-state index in [2.05, 4.69) is 33.1 Å². The smallest absolute Gasteiger partial charge is 0.447 e. The Kier molecular flexibility index (Phi) is 7.86. The van der Waals surface area contributed by atoms with Crippen LogP contribution in [0.4, 0.5) is 24.5 Å². The summed E-state index contributed by atoms with van der Waals surface area (Å²) in [5, 5.41) is 12.9. The number of benzene rings is 1. The van der Waals surface area contributed by atoms with E-state index in [1.54, 1.807) is 48.0 Å². The second-order valence-corrected chi connectivity index (χ2v) is 10.7. The Labute approximate surface area is 229 Å². The topological polar surface area (TPSA) is 78.8 Å². The molecule has 2 fully saturated rings. The molecule has 2 aromatic heterocycles. The van der Waals surface area contributed by atoms with E-state index in [9.17, 15) is 18.0 Å². The monoisotopic (exact) mass is 557 g/mol. The summed E-state index contributed by atoms with van der Waals surface area (Å²) in [5.41, 5.74) is -1.63. The van der Waals surface area contributed by atoms with Crippen molar-refractivity contribution >= 4 is 34.6 Å². The zero-order valence-corrected chi connectivity index (χ0v) is 22.4. The predicted octanol–water partition coefficient (Wildman–Crippen LogP) is 5.08. The summed E-state index contributed by atoms with van der Waals surface area (Å²) in [6.07, 6.45) is 6.03. The highest BCUT2D eigenvalue weighted by Gasteiger charge is 2.36. The maximum Gasteiger partial charge on any atom is 0.447 e. The summed E-state index contributed by atoms with van der Waals surface area (Å²) in [4.78, 5) is 11.9. The number of carbonyl (C=O) groups is 1.